The maximum Gasteiger partial charge on any atom is 0.0827 e. The molecule has 0 aromatic carbocycles. The van der Waals surface area contributed by atoms with Gasteiger partial charge >= 0.3 is 0 Å². The Morgan fingerprint density at radius 3 is 3.18 bits per heavy atom. The van der Waals surface area contributed by atoms with Gasteiger partial charge in [0.05, 0.1) is 12.2 Å². The molecule has 0 radical (unpaired) electrons. The van der Waals surface area contributed by atoms with E-state index in [-0.39, 0.29) is 0 Å². The maximum absolute atomic E-state index is 3.99. The fourth-order valence-corrected chi connectivity index (χ4v) is 0.931. The van der Waals surface area contributed by atoms with Crippen molar-refractivity contribution in [1.29, 1.82) is 0 Å². The summed E-state index contributed by atoms with van der Waals surface area (Å²) in [5, 5.41) is 7.91. The Morgan fingerprint density at radius 2 is 2.55 bits per heavy atom. The van der Waals surface area contributed by atoms with Crippen molar-refractivity contribution in [1.82, 2.24) is 15.0 Å². The van der Waals surface area contributed by atoms with Crippen molar-refractivity contribution in [2.45, 2.75) is 26.3 Å². The molecule has 11 heavy (non-hydrogen) atoms. The molecule has 1 rings (SSSR count). The molecule has 3 nitrogen and oxygen atoms in total. The van der Waals surface area contributed by atoms with Crippen LogP contribution >= 0.6 is 0 Å². The van der Waals surface area contributed by atoms with Crippen LogP contribution in [0.5, 0.6) is 0 Å². The first-order valence-corrected chi connectivity index (χ1v) is 3.86. The standard InChI is InChI=1S/C8H13N3/c1-3-5-8-7-11(6-4-2)10-9-8/h4,7H,2-3,5-6H2,1H3. The molecule has 0 saturated heterocycles. The van der Waals surface area contributed by atoms with E-state index in [4.69, 9.17) is 0 Å². The SMILES string of the molecule is C=CCn1cc(CCC)nn1. The van der Waals surface area contributed by atoms with E-state index in [1.165, 1.54) is 0 Å². The Balaban J connectivity index is 2.57. The molecule has 0 aliphatic carbocycles. The number of allylic oxidation sites excluding steroid dienone is 1. The van der Waals surface area contributed by atoms with Crippen LogP contribution in [0.2, 0.25) is 0 Å². The van der Waals surface area contributed by atoms with Gasteiger partial charge in [-0.2, -0.15) is 0 Å². The third-order valence-electron chi connectivity index (χ3n) is 1.41. The lowest BCUT2D eigenvalue weighted by atomic mass is 10.3. The molecule has 1 aromatic rings. The van der Waals surface area contributed by atoms with Crippen molar-refractivity contribution in [2.24, 2.45) is 0 Å². The van der Waals surface area contributed by atoms with E-state index < -0.39 is 0 Å². The molecular weight excluding hydrogens is 138 g/mol. The summed E-state index contributed by atoms with van der Waals surface area (Å²) in [6.45, 7) is 6.50. The maximum atomic E-state index is 3.99. The summed E-state index contributed by atoms with van der Waals surface area (Å²) in [5.74, 6) is 0. The molecule has 1 heterocycles. The smallest absolute Gasteiger partial charge is 0.0827 e. The van der Waals surface area contributed by atoms with Crippen LogP contribution in [-0.4, -0.2) is 15.0 Å². The number of hydrogen-bond acceptors (Lipinski definition) is 2. The highest BCUT2D eigenvalue weighted by Crippen LogP contribution is 1.96. The summed E-state index contributed by atoms with van der Waals surface area (Å²) in [7, 11) is 0. The molecule has 0 unspecified atom stereocenters. The van der Waals surface area contributed by atoms with E-state index in [0.717, 1.165) is 25.1 Å². The Kier molecular flexibility index (Phi) is 2.83. The molecule has 0 fully saturated rings. The topological polar surface area (TPSA) is 30.7 Å². The van der Waals surface area contributed by atoms with Gasteiger partial charge in [-0.3, -0.25) is 0 Å². The lowest BCUT2D eigenvalue weighted by Gasteiger charge is -1.89. The number of aryl methyl sites for hydroxylation is 1. The van der Waals surface area contributed by atoms with Gasteiger partial charge in [-0.15, -0.1) is 11.7 Å². The van der Waals surface area contributed by atoms with Crippen molar-refractivity contribution in [3.05, 3.63) is 24.5 Å². The van der Waals surface area contributed by atoms with Crippen molar-refractivity contribution >= 4 is 0 Å². The van der Waals surface area contributed by atoms with Crippen molar-refractivity contribution in [3.63, 3.8) is 0 Å². The highest BCUT2D eigenvalue weighted by molar-refractivity contribution is 4.92. The predicted molar refractivity (Wildman–Crippen MR) is 44.2 cm³/mol. The van der Waals surface area contributed by atoms with E-state index in [1.807, 2.05) is 12.3 Å². The minimum atomic E-state index is 0.747. The molecule has 60 valence electrons. The molecule has 3 heteroatoms. The molecular formula is C8H13N3. The molecule has 0 amide bonds. The van der Waals surface area contributed by atoms with Gasteiger partial charge in [-0.25, -0.2) is 4.68 Å². The Bertz CT molecular complexity index is 227. The van der Waals surface area contributed by atoms with E-state index >= 15 is 0 Å². The van der Waals surface area contributed by atoms with Gasteiger partial charge in [0.15, 0.2) is 0 Å². The van der Waals surface area contributed by atoms with E-state index in [2.05, 4.69) is 23.8 Å². The second kappa shape index (κ2) is 3.91. The third-order valence-corrected chi connectivity index (χ3v) is 1.41. The first kappa shape index (κ1) is 7.98. The largest absolute Gasteiger partial charge is 0.248 e. The minimum absolute atomic E-state index is 0.747. The summed E-state index contributed by atoms with van der Waals surface area (Å²) in [5.41, 5.74) is 1.06. The first-order chi connectivity index (χ1) is 5.36. The minimum Gasteiger partial charge on any atom is -0.248 e. The third kappa shape index (κ3) is 2.18. The second-order valence-electron chi connectivity index (χ2n) is 2.47. The number of rotatable bonds is 4. The average molecular weight is 151 g/mol. The molecule has 1 aromatic heterocycles. The molecule has 0 saturated carbocycles. The molecule has 0 bridgehead atoms. The quantitative estimate of drug-likeness (QED) is 0.609. The van der Waals surface area contributed by atoms with Crippen molar-refractivity contribution in [2.75, 3.05) is 0 Å². The van der Waals surface area contributed by atoms with Gasteiger partial charge in [0, 0.05) is 6.20 Å². The Labute approximate surface area is 66.7 Å². The summed E-state index contributed by atoms with van der Waals surface area (Å²) in [6, 6.07) is 0. The zero-order chi connectivity index (χ0) is 8.10. The highest BCUT2D eigenvalue weighted by Gasteiger charge is 1.96. The lowest BCUT2D eigenvalue weighted by Crippen LogP contribution is -1.94. The summed E-state index contributed by atoms with van der Waals surface area (Å²) in [4.78, 5) is 0. The van der Waals surface area contributed by atoms with Gasteiger partial charge in [-0.05, 0) is 6.42 Å². The van der Waals surface area contributed by atoms with E-state index in [0.29, 0.717) is 0 Å². The molecule has 0 atom stereocenters. The Morgan fingerprint density at radius 1 is 1.73 bits per heavy atom. The van der Waals surface area contributed by atoms with Gasteiger partial charge in [0.25, 0.3) is 0 Å². The van der Waals surface area contributed by atoms with Crippen LogP contribution in [0.4, 0.5) is 0 Å². The number of aromatic nitrogens is 3. The van der Waals surface area contributed by atoms with Crippen LogP contribution in [0, 0.1) is 0 Å². The van der Waals surface area contributed by atoms with Crippen molar-refractivity contribution < 1.29 is 0 Å². The first-order valence-electron chi connectivity index (χ1n) is 3.86. The van der Waals surface area contributed by atoms with Crippen molar-refractivity contribution in [3.8, 4) is 0 Å². The van der Waals surface area contributed by atoms with E-state index in [9.17, 15) is 0 Å². The van der Waals surface area contributed by atoms with Gasteiger partial charge in [0.1, 0.15) is 0 Å². The average Bonchev–Trinajstić information content (AvgIpc) is 2.38. The number of hydrogen-bond donors (Lipinski definition) is 0. The zero-order valence-electron chi connectivity index (χ0n) is 6.82. The van der Waals surface area contributed by atoms with Crippen LogP contribution in [0.1, 0.15) is 19.0 Å². The van der Waals surface area contributed by atoms with Crippen LogP contribution in [0.3, 0.4) is 0 Å². The molecule has 0 aliphatic rings. The van der Waals surface area contributed by atoms with Crippen LogP contribution in [0.25, 0.3) is 0 Å². The van der Waals surface area contributed by atoms with Gasteiger partial charge < -0.3 is 0 Å². The van der Waals surface area contributed by atoms with Crippen LogP contribution in [-0.2, 0) is 13.0 Å². The normalized spacial score (nSPS) is 9.91. The lowest BCUT2D eigenvalue weighted by molar-refractivity contribution is 0.661. The van der Waals surface area contributed by atoms with Gasteiger partial charge in [0.2, 0.25) is 0 Å². The molecule has 0 aliphatic heterocycles. The zero-order valence-corrected chi connectivity index (χ0v) is 6.82. The van der Waals surface area contributed by atoms with E-state index in [1.54, 1.807) is 4.68 Å². The summed E-state index contributed by atoms with van der Waals surface area (Å²) >= 11 is 0. The fraction of sp³-hybridized carbons (Fsp3) is 0.500. The fourth-order valence-electron chi connectivity index (χ4n) is 0.931. The monoisotopic (exact) mass is 151 g/mol. The summed E-state index contributed by atoms with van der Waals surface area (Å²) < 4.78 is 1.79. The molecule has 0 spiro atoms. The van der Waals surface area contributed by atoms with Gasteiger partial charge in [-0.1, -0.05) is 24.6 Å². The summed E-state index contributed by atoms with van der Waals surface area (Å²) in [6.07, 6.45) is 5.90. The second-order valence-corrected chi connectivity index (χ2v) is 2.47. The number of nitrogens with zero attached hydrogens (tertiary/aromatic N) is 3. The Hall–Kier alpha value is -1.12. The van der Waals surface area contributed by atoms with Crippen LogP contribution in [0.15, 0.2) is 18.9 Å². The predicted octanol–water partition coefficient (Wildman–Crippen LogP) is 1.42. The van der Waals surface area contributed by atoms with Crippen LogP contribution < -0.4 is 0 Å². The highest BCUT2D eigenvalue weighted by atomic mass is 15.4. The molecule has 0 N–H and O–H groups in total.